The molecular formula is C15H21FN2O2. The molecule has 0 spiro atoms. The molecule has 0 aliphatic carbocycles. The van der Waals surface area contributed by atoms with Gasteiger partial charge in [-0.05, 0) is 32.4 Å². The van der Waals surface area contributed by atoms with E-state index in [0.717, 1.165) is 0 Å². The molecule has 1 aromatic rings. The van der Waals surface area contributed by atoms with Crippen LogP contribution in [0.3, 0.4) is 0 Å². The zero-order valence-electron chi connectivity index (χ0n) is 12.1. The molecule has 5 heteroatoms. The summed E-state index contributed by atoms with van der Waals surface area (Å²) in [5, 5.41) is 2.66. The molecule has 110 valence electrons. The van der Waals surface area contributed by atoms with Gasteiger partial charge in [0.05, 0.1) is 5.56 Å². The van der Waals surface area contributed by atoms with Crippen LogP contribution in [0.25, 0.3) is 0 Å². The summed E-state index contributed by atoms with van der Waals surface area (Å²) in [6.45, 7) is 6.39. The summed E-state index contributed by atoms with van der Waals surface area (Å²) in [4.78, 5) is 24.8. The Morgan fingerprint density at radius 1 is 1.30 bits per heavy atom. The van der Waals surface area contributed by atoms with Gasteiger partial charge in [-0.1, -0.05) is 12.1 Å². The second kappa shape index (κ2) is 7.62. The first-order valence-electron chi connectivity index (χ1n) is 6.73. The zero-order valence-corrected chi connectivity index (χ0v) is 12.1. The number of amides is 2. The van der Waals surface area contributed by atoms with E-state index in [9.17, 15) is 14.0 Å². The van der Waals surface area contributed by atoms with Crippen LogP contribution >= 0.6 is 0 Å². The molecule has 1 aromatic carbocycles. The minimum absolute atomic E-state index is 0.0143. The maximum Gasteiger partial charge on any atom is 0.254 e. The van der Waals surface area contributed by atoms with Crippen LogP contribution in [0, 0.1) is 5.82 Å². The predicted molar refractivity (Wildman–Crippen MR) is 75.9 cm³/mol. The van der Waals surface area contributed by atoms with E-state index in [1.54, 1.807) is 17.0 Å². The number of carbonyl (C=O) groups is 2. The molecule has 0 fully saturated rings. The molecule has 2 amide bonds. The summed E-state index contributed by atoms with van der Waals surface area (Å²) in [5.41, 5.74) is 0.0415. The average Bonchev–Trinajstić information content (AvgIpc) is 2.37. The van der Waals surface area contributed by atoms with Crippen LogP contribution in [0.15, 0.2) is 24.3 Å². The van der Waals surface area contributed by atoms with Crippen LogP contribution in [0.5, 0.6) is 0 Å². The fourth-order valence-electron chi connectivity index (χ4n) is 1.97. The molecular weight excluding hydrogens is 259 g/mol. The Kier molecular flexibility index (Phi) is 6.15. The number of benzene rings is 1. The Balaban J connectivity index is 2.40. The molecule has 0 aliphatic heterocycles. The Morgan fingerprint density at radius 3 is 2.50 bits per heavy atom. The van der Waals surface area contributed by atoms with E-state index in [2.05, 4.69) is 5.32 Å². The van der Waals surface area contributed by atoms with Crippen molar-refractivity contribution in [3.8, 4) is 0 Å². The minimum Gasteiger partial charge on any atom is -0.352 e. The third kappa shape index (κ3) is 4.64. The summed E-state index contributed by atoms with van der Waals surface area (Å²) in [5.74, 6) is -0.944. The summed E-state index contributed by atoms with van der Waals surface area (Å²) in [7, 11) is 0. The fourth-order valence-corrected chi connectivity index (χ4v) is 1.97. The van der Waals surface area contributed by atoms with Crippen molar-refractivity contribution < 1.29 is 14.0 Å². The van der Waals surface area contributed by atoms with Crippen molar-refractivity contribution in [2.45, 2.75) is 33.2 Å². The van der Waals surface area contributed by atoms with Crippen LogP contribution in [-0.2, 0) is 4.79 Å². The predicted octanol–water partition coefficient (Wildman–Crippen LogP) is 2.20. The van der Waals surface area contributed by atoms with E-state index in [1.165, 1.54) is 19.1 Å². The van der Waals surface area contributed by atoms with Gasteiger partial charge < -0.3 is 10.2 Å². The second-order valence-corrected chi connectivity index (χ2v) is 4.90. The number of hydrogen-bond acceptors (Lipinski definition) is 2. The summed E-state index contributed by atoms with van der Waals surface area (Å²) in [6.07, 6.45) is 0.637. The highest BCUT2D eigenvalue weighted by Crippen LogP contribution is 2.06. The molecule has 0 saturated carbocycles. The Labute approximate surface area is 119 Å². The lowest BCUT2D eigenvalue weighted by molar-refractivity contribution is -0.130. The van der Waals surface area contributed by atoms with Gasteiger partial charge in [-0.3, -0.25) is 9.59 Å². The standard InChI is InChI=1S/C15H21FN2O2/c1-11(2)18(12(3)19)10-6-9-17-15(20)13-7-4-5-8-14(13)16/h4-5,7-8,11H,6,9-10H2,1-3H3,(H,17,20). The van der Waals surface area contributed by atoms with E-state index in [0.29, 0.717) is 19.5 Å². The monoisotopic (exact) mass is 280 g/mol. The van der Waals surface area contributed by atoms with Crippen molar-refractivity contribution in [1.29, 1.82) is 0 Å². The maximum absolute atomic E-state index is 13.4. The molecule has 0 aliphatic rings. The van der Waals surface area contributed by atoms with Crippen LogP contribution in [0.1, 0.15) is 37.6 Å². The summed E-state index contributed by atoms with van der Waals surface area (Å²) < 4.78 is 13.4. The highest BCUT2D eigenvalue weighted by molar-refractivity contribution is 5.94. The highest BCUT2D eigenvalue weighted by atomic mass is 19.1. The van der Waals surface area contributed by atoms with Gasteiger partial charge in [0, 0.05) is 26.1 Å². The minimum atomic E-state index is -0.530. The zero-order chi connectivity index (χ0) is 15.1. The molecule has 0 heterocycles. The van der Waals surface area contributed by atoms with Gasteiger partial charge >= 0.3 is 0 Å². The summed E-state index contributed by atoms with van der Waals surface area (Å²) in [6, 6.07) is 5.99. The van der Waals surface area contributed by atoms with Crippen LogP contribution in [0.4, 0.5) is 4.39 Å². The first kappa shape index (κ1) is 16.1. The van der Waals surface area contributed by atoms with Gasteiger partial charge in [0.1, 0.15) is 5.82 Å². The SMILES string of the molecule is CC(=O)N(CCCNC(=O)c1ccccc1F)C(C)C. The quantitative estimate of drug-likeness (QED) is 0.812. The molecule has 0 atom stereocenters. The maximum atomic E-state index is 13.4. The van der Waals surface area contributed by atoms with E-state index in [1.807, 2.05) is 13.8 Å². The third-order valence-corrected chi connectivity index (χ3v) is 3.01. The van der Waals surface area contributed by atoms with Gasteiger partial charge in [-0.15, -0.1) is 0 Å². The molecule has 0 bridgehead atoms. The Hall–Kier alpha value is -1.91. The van der Waals surface area contributed by atoms with Crippen molar-refractivity contribution in [3.05, 3.63) is 35.6 Å². The highest BCUT2D eigenvalue weighted by Gasteiger charge is 2.13. The molecule has 0 aromatic heterocycles. The van der Waals surface area contributed by atoms with Gasteiger partial charge in [0.2, 0.25) is 5.91 Å². The van der Waals surface area contributed by atoms with E-state index < -0.39 is 11.7 Å². The molecule has 0 unspecified atom stereocenters. The fraction of sp³-hybridized carbons (Fsp3) is 0.467. The molecule has 1 rings (SSSR count). The van der Waals surface area contributed by atoms with Crippen LogP contribution in [0.2, 0.25) is 0 Å². The molecule has 4 nitrogen and oxygen atoms in total. The van der Waals surface area contributed by atoms with Crippen LogP contribution < -0.4 is 5.32 Å². The van der Waals surface area contributed by atoms with Gasteiger partial charge in [-0.2, -0.15) is 0 Å². The molecule has 1 N–H and O–H groups in total. The second-order valence-electron chi connectivity index (χ2n) is 4.90. The lowest BCUT2D eigenvalue weighted by atomic mass is 10.2. The largest absolute Gasteiger partial charge is 0.352 e. The van der Waals surface area contributed by atoms with Gasteiger partial charge in [-0.25, -0.2) is 4.39 Å². The number of rotatable bonds is 6. The number of carbonyl (C=O) groups excluding carboxylic acids is 2. The topological polar surface area (TPSA) is 49.4 Å². The lowest BCUT2D eigenvalue weighted by Crippen LogP contribution is -2.37. The first-order valence-corrected chi connectivity index (χ1v) is 6.73. The number of halogens is 1. The van der Waals surface area contributed by atoms with E-state index in [4.69, 9.17) is 0 Å². The average molecular weight is 280 g/mol. The number of hydrogen-bond donors (Lipinski definition) is 1. The molecule has 0 saturated heterocycles. The van der Waals surface area contributed by atoms with Crippen LogP contribution in [-0.4, -0.2) is 35.8 Å². The van der Waals surface area contributed by atoms with Crippen molar-refractivity contribution in [2.24, 2.45) is 0 Å². The third-order valence-electron chi connectivity index (χ3n) is 3.01. The van der Waals surface area contributed by atoms with E-state index in [-0.39, 0.29) is 17.5 Å². The molecule has 20 heavy (non-hydrogen) atoms. The van der Waals surface area contributed by atoms with Crippen molar-refractivity contribution >= 4 is 11.8 Å². The molecule has 0 radical (unpaired) electrons. The Morgan fingerprint density at radius 2 is 1.95 bits per heavy atom. The van der Waals surface area contributed by atoms with Gasteiger partial charge in [0.25, 0.3) is 5.91 Å². The first-order chi connectivity index (χ1) is 9.43. The summed E-state index contributed by atoms with van der Waals surface area (Å²) >= 11 is 0. The van der Waals surface area contributed by atoms with Crippen molar-refractivity contribution in [3.63, 3.8) is 0 Å². The van der Waals surface area contributed by atoms with E-state index >= 15 is 0 Å². The lowest BCUT2D eigenvalue weighted by Gasteiger charge is -2.25. The number of nitrogens with zero attached hydrogens (tertiary/aromatic N) is 1. The number of nitrogens with one attached hydrogen (secondary N) is 1. The normalized spacial score (nSPS) is 10.4. The van der Waals surface area contributed by atoms with Crippen molar-refractivity contribution in [1.82, 2.24) is 10.2 Å². The Bertz CT molecular complexity index is 475. The van der Waals surface area contributed by atoms with Gasteiger partial charge in [0.15, 0.2) is 0 Å². The van der Waals surface area contributed by atoms with Crippen molar-refractivity contribution in [2.75, 3.05) is 13.1 Å². The smallest absolute Gasteiger partial charge is 0.254 e.